The van der Waals surface area contributed by atoms with E-state index in [4.69, 9.17) is 109 Å². The first-order valence-corrected chi connectivity index (χ1v) is 47.0. The largest absolute Gasteiger partial charge is 0.394 e. The Labute approximate surface area is 832 Å². The zero-order valence-electron chi connectivity index (χ0n) is 79.2. The summed E-state index contributed by atoms with van der Waals surface area (Å²) in [5.41, 5.74) is 0. The number of rotatable bonds is 38. The Hall–Kier alpha value is -4.85. The molecule has 65 heteroatoms. The molecule has 37 N–H and O–H groups in total. The summed E-state index contributed by atoms with van der Waals surface area (Å²) in [6.07, 6.45) is -119. The maximum atomic E-state index is 13.5. The molecule has 12 aliphatic rings. The number of hydrogen-bond acceptors (Lipinski definition) is 60. The van der Waals surface area contributed by atoms with Crippen LogP contribution in [0.15, 0.2) is 0 Å². The molecule has 0 aromatic rings. The fourth-order valence-corrected chi connectivity index (χ4v) is 19.2. The van der Waals surface area contributed by atoms with E-state index in [0.29, 0.717) is 0 Å². The van der Waals surface area contributed by atoms with E-state index in [9.17, 15) is 187 Å². The summed E-state index contributed by atoms with van der Waals surface area (Å²) in [6, 6.07) is -10.1. The second kappa shape index (κ2) is 52.8. The van der Waals surface area contributed by atoms with Crippen LogP contribution in [-0.4, -0.2) is 634 Å². The Bertz CT molecular complexity index is 4110. The fourth-order valence-electron chi connectivity index (χ4n) is 19.2. The minimum Gasteiger partial charge on any atom is -0.394 e. The van der Waals surface area contributed by atoms with Gasteiger partial charge in [0.2, 0.25) is 29.5 Å². The van der Waals surface area contributed by atoms with Gasteiger partial charge in [0, 0.05) is 34.6 Å². The first-order valence-electron chi connectivity index (χ1n) is 47.0. The van der Waals surface area contributed by atoms with Gasteiger partial charge < -0.3 is 299 Å². The number of amides is 5. The number of carbonyl (C=O) groups excluding carboxylic acids is 5. The molecule has 5 amide bonds. The van der Waals surface area contributed by atoms with Crippen LogP contribution < -0.4 is 26.6 Å². The Morgan fingerprint density at radius 2 is 0.422 bits per heavy atom. The zero-order chi connectivity index (χ0) is 108. The molecule has 12 fully saturated rings. The molecule has 0 spiro atoms. The number of hydrogen-bond donors (Lipinski definition) is 37. The topological polar surface area (TPSA) is 1010 Å². The van der Waals surface area contributed by atoms with Gasteiger partial charge in [-0.25, -0.2) is 0 Å². The number of aliphatic hydroxyl groups is 32. The van der Waals surface area contributed by atoms with E-state index < -0.39 is 470 Å². The summed E-state index contributed by atoms with van der Waals surface area (Å²) in [5, 5.41) is 374. The lowest BCUT2D eigenvalue weighted by Crippen LogP contribution is -2.71. The predicted octanol–water partition coefficient (Wildman–Crippen LogP) is -25.4. The van der Waals surface area contributed by atoms with Gasteiger partial charge in [0.15, 0.2) is 75.5 Å². The number of aliphatic hydroxyl groups excluding tert-OH is 32. The van der Waals surface area contributed by atoms with Gasteiger partial charge in [-0.2, -0.15) is 0 Å². The van der Waals surface area contributed by atoms with Crippen molar-refractivity contribution in [1.82, 2.24) is 26.6 Å². The highest BCUT2D eigenvalue weighted by molar-refractivity contribution is 5.75. The van der Waals surface area contributed by atoms with Crippen molar-refractivity contribution in [3.8, 4) is 0 Å². The Morgan fingerprint density at radius 1 is 0.190 bits per heavy atom. The number of carbonyl (C=O) groups is 5. The monoisotopic (exact) mass is 2150 g/mol. The number of ether oxygens (including phenoxy) is 23. The molecule has 0 aliphatic carbocycles. The molecule has 60 atom stereocenters. The third-order valence-electron chi connectivity index (χ3n) is 27.0. The molecule has 0 saturated carbocycles. The van der Waals surface area contributed by atoms with E-state index in [1.165, 1.54) is 6.92 Å². The average Bonchev–Trinajstić information content (AvgIpc) is 0.757. The molecule has 0 bridgehead atoms. The van der Waals surface area contributed by atoms with Gasteiger partial charge in [0.05, 0.1) is 78.8 Å². The highest BCUT2D eigenvalue weighted by Gasteiger charge is 2.64. The molecule has 0 aromatic carbocycles. The Kier molecular flexibility index (Phi) is 43.4. The van der Waals surface area contributed by atoms with Crippen LogP contribution in [0, 0.1) is 0 Å². The predicted molar refractivity (Wildman–Crippen MR) is 452 cm³/mol. The molecule has 850 valence electrons. The van der Waals surface area contributed by atoms with Crippen molar-refractivity contribution in [2.24, 2.45) is 0 Å². The van der Waals surface area contributed by atoms with Crippen LogP contribution in [0.2, 0.25) is 0 Å². The van der Waals surface area contributed by atoms with Gasteiger partial charge in [-0.15, -0.1) is 0 Å². The second-order valence-electron chi connectivity index (χ2n) is 37.3. The van der Waals surface area contributed by atoms with Crippen molar-refractivity contribution >= 4 is 29.5 Å². The fraction of sp³-hybridized carbons (Fsp3) is 0.939. The zero-order valence-corrected chi connectivity index (χ0v) is 79.2. The Morgan fingerprint density at radius 3 is 0.762 bits per heavy atom. The van der Waals surface area contributed by atoms with Crippen molar-refractivity contribution in [3.63, 3.8) is 0 Å². The number of nitrogens with one attached hydrogen (secondary N) is 5. The van der Waals surface area contributed by atoms with Crippen LogP contribution in [-0.2, 0) is 133 Å². The maximum absolute atomic E-state index is 13.5. The summed E-state index contributed by atoms with van der Waals surface area (Å²) in [6.45, 7) is -7.26. The molecule has 12 rings (SSSR count). The minimum absolute atomic E-state index is 0.873. The molecule has 65 nitrogen and oxygen atoms in total. The third kappa shape index (κ3) is 26.8. The average molecular weight is 2150 g/mol. The van der Waals surface area contributed by atoms with Gasteiger partial charge >= 0.3 is 0 Å². The summed E-state index contributed by atoms with van der Waals surface area (Å²) in [4.78, 5) is 65.9. The smallest absolute Gasteiger partial charge is 0.217 e. The standard InChI is InChI=1S/C82H137N5O60/c1-18-40(102)51(113)56(118)76(127-18)125-17-34-67(46(108)35(71(124)128-34)83-19(2)97)140-73-37(85-21(4)99)48(110)65(31(14-95)134-73)144-80-61(123)68(145-82-69(55(117)44(106)27(10-91)132-82)146-74-38(86-22(5)100)49(111)63(29(12-93)135-74)142-78-58(120)53(115)42(104)25(8-89)130-78)45(107)33(138-80)16-126-81-70(147-75-39(87-23(6)101)50(112)64(30(13-94)136-75)143-79-59(121)54(116)43(105)26(9-90)131-79)60(122)66(32(15-96)137-81)139-72-36(84-20(3)98)47(109)62(28(11-92)133-72)141-77-57(119)52(114)41(103)24(7-88)129-77/h18,24-82,88-96,102-124H,7-17H2,1-6H3,(H,83,97)(H,84,98)(H,85,99)(H,86,100)(H,87,101)/t18-,24+,25+,26+,27+,28+,29+,30+,31+,32+,33+,34+,35+,36+,37+,38+,39+,40+,41-,42-,43-,44+,45+,46+,47+,48+,49+,50+,51+,52-,53-,54-,55-,56-,57+,58+,59-,60-,61-,62+,63+,64+,65+,66+,67+,68-,69-,70-,71-,72-,73-,74-,75-,76+,77+,78+,79+,80-,81-,82+/m0/s1. The van der Waals surface area contributed by atoms with E-state index in [-0.39, 0.29) is 0 Å². The minimum atomic E-state index is -2.75. The van der Waals surface area contributed by atoms with Gasteiger partial charge in [-0.3, -0.25) is 24.0 Å². The van der Waals surface area contributed by atoms with E-state index in [1.807, 2.05) is 0 Å². The normalized spacial score (nSPS) is 49.6. The highest BCUT2D eigenvalue weighted by Crippen LogP contribution is 2.43. The van der Waals surface area contributed by atoms with Crippen molar-refractivity contribution < 1.29 is 296 Å². The molecule has 0 unspecified atom stereocenters. The lowest BCUT2D eigenvalue weighted by atomic mass is 9.93. The van der Waals surface area contributed by atoms with Gasteiger partial charge in [0.1, 0.15) is 287 Å². The van der Waals surface area contributed by atoms with E-state index in [2.05, 4.69) is 26.6 Å². The molecular weight excluding hydrogens is 2010 g/mol. The summed E-state index contributed by atoms with van der Waals surface area (Å²) in [5.74, 6) is -5.03. The molecule has 12 saturated heterocycles. The molecule has 0 radical (unpaired) electrons. The van der Waals surface area contributed by atoms with Gasteiger partial charge in [-0.05, 0) is 6.92 Å². The van der Waals surface area contributed by atoms with Crippen LogP contribution in [0.5, 0.6) is 0 Å². The Balaban J connectivity index is 0.921. The molecule has 0 aromatic heterocycles. The van der Waals surface area contributed by atoms with Gasteiger partial charge in [-0.1, -0.05) is 0 Å². The third-order valence-corrected chi connectivity index (χ3v) is 27.0. The van der Waals surface area contributed by atoms with Gasteiger partial charge in [0.25, 0.3) is 0 Å². The van der Waals surface area contributed by atoms with E-state index in [1.54, 1.807) is 0 Å². The lowest BCUT2D eigenvalue weighted by molar-refractivity contribution is -0.401. The summed E-state index contributed by atoms with van der Waals surface area (Å²) in [7, 11) is 0. The first kappa shape index (κ1) is 121. The van der Waals surface area contributed by atoms with Crippen molar-refractivity contribution in [2.75, 3.05) is 72.7 Å². The van der Waals surface area contributed by atoms with Crippen LogP contribution in [0.3, 0.4) is 0 Å². The van der Waals surface area contributed by atoms with Crippen LogP contribution in [0.1, 0.15) is 41.5 Å². The quantitative estimate of drug-likeness (QED) is 0.0273. The van der Waals surface area contributed by atoms with Crippen molar-refractivity contribution in [3.05, 3.63) is 0 Å². The van der Waals surface area contributed by atoms with Crippen LogP contribution in [0.25, 0.3) is 0 Å². The molecule has 12 heterocycles. The van der Waals surface area contributed by atoms with Crippen LogP contribution in [0.4, 0.5) is 0 Å². The summed E-state index contributed by atoms with van der Waals surface area (Å²) >= 11 is 0. The lowest BCUT2D eigenvalue weighted by Gasteiger charge is -2.51. The van der Waals surface area contributed by atoms with Crippen molar-refractivity contribution in [1.29, 1.82) is 0 Å². The van der Waals surface area contributed by atoms with Crippen molar-refractivity contribution in [2.45, 2.75) is 410 Å². The molecule has 12 aliphatic heterocycles. The molecular formula is C82H137N5O60. The molecule has 147 heavy (non-hydrogen) atoms. The van der Waals surface area contributed by atoms with E-state index >= 15 is 0 Å². The van der Waals surface area contributed by atoms with Crippen LogP contribution >= 0.6 is 0 Å². The summed E-state index contributed by atoms with van der Waals surface area (Å²) < 4.78 is 139. The highest BCUT2D eigenvalue weighted by atomic mass is 16.8. The van der Waals surface area contributed by atoms with E-state index in [0.717, 1.165) is 34.6 Å². The second-order valence-corrected chi connectivity index (χ2v) is 37.3. The SMILES string of the molecule is CC(=O)N[C@@H]1[C@@H](O)[C@H](O[C@@H]2O[C@H](CO)[C@@H](O[C@@H]3O[C@H](CO[C@H]4O[C@H](CO)[C@@H](O[C@@H]5O[C@H](CO)[C@@H](O[C@H]6O[C@H](CO)[C@H](O)[C@H](O)[C@H]6O)[C@H](O)[C@H]5NC(C)=O)[C@H](O)[C@@H]4O[C@@H]4O[C@H](CO)[C@@H](O[C@H]5O[C@H](CO)[C@H](O)[C@H](O)[C@@H]5O)[C@H](O)[C@H]4NC(C)=O)[C@@H](O)[C@H](O[C@H]4O[C@H](CO)[C@@H](O)[C@H](O)[C@@H]4O[C@@H]4O[C@H](CO)[C@@H](O[C@H]5O[C@H](CO)[C@H](O)[C@H](O)[C@H]5O)[C@H](O)[C@H]4NC(C)=O)[C@@H]3O)[C@H](O)[C@H]2NC(C)=O)[C@@H](CO[C@@H]2O[C@@H](C)[C@@H](O)[C@@H](O)[C@@H]2O)O[C@@H]1O. The first-order chi connectivity index (χ1) is 69.5. The maximum Gasteiger partial charge on any atom is 0.217 e.